The minimum atomic E-state index is -0.614. The van der Waals surface area contributed by atoms with Crippen molar-refractivity contribution >= 4 is 28.9 Å². The van der Waals surface area contributed by atoms with E-state index < -0.39 is 12.1 Å². The zero-order chi connectivity index (χ0) is 23.9. The van der Waals surface area contributed by atoms with Crippen LogP contribution in [0.4, 0.5) is 26.2 Å². The molecule has 172 valence electrons. The lowest BCUT2D eigenvalue weighted by Gasteiger charge is -2.37. The highest BCUT2D eigenvalue weighted by molar-refractivity contribution is 6.09. The molecule has 2 amide bonds. The number of ketones is 1. The third-order valence-corrected chi connectivity index (χ3v) is 6.33. The van der Waals surface area contributed by atoms with Crippen molar-refractivity contribution in [2.45, 2.75) is 32.7 Å². The molecule has 0 fully saturated rings. The lowest BCUT2D eigenvalue weighted by molar-refractivity contribution is -0.118. The van der Waals surface area contributed by atoms with Crippen LogP contribution < -0.4 is 15.5 Å². The average molecular weight is 456 g/mol. The van der Waals surface area contributed by atoms with Crippen molar-refractivity contribution in [1.82, 2.24) is 0 Å². The van der Waals surface area contributed by atoms with E-state index in [-0.39, 0.29) is 17.0 Å². The van der Waals surface area contributed by atoms with E-state index in [0.717, 1.165) is 16.9 Å². The van der Waals surface area contributed by atoms with Gasteiger partial charge in [-0.2, -0.15) is 0 Å². The van der Waals surface area contributed by atoms with Gasteiger partial charge in [0.25, 0.3) is 0 Å². The highest BCUT2D eigenvalue weighted by atomic mass is 19.1. The Morgan fingerprint density at radius 3 is 2.38 bits per heavy atom. The van der Waals surface area contributed by atoms with E-state index in [1.54, 1.807) is 4.90 Å². The molecule has 0 bridgehead atoms. The molecule has 0 radical (unpaired) electrons. The number of nitrogens with zero attached hydrogens (tertiary/aromatic N) is 1. The molecule has 0 unspecified atom stereocenters. The zero-order valence-electron chi connectivity index (χ0n) is 19.1. The van der Waals surface area contributed by atoms with Gasteiger partial charge in [-0.3, -0.25) is 9.69 Å². The van der Waals surface area contributed by atoms with E-state index in [0.29, 0.717) is 29.8 Å². The summed E-state index contributed by atoms with van der Waals surface area (Å²) in [5.41, 5.74) is 4.00. The lowest BCUT2D eigenvalue weighted by Crippen LogP contribution is -2.41. The Hall–Kier alpha value is -3.93. The number of hydrogen-bond acceptors (Lipinski definition) is 3. The third kappa shape index (κ3) is 4.07. The molecule has 6 heteroatoms. The van der Waals surface area contributed by atoms with Crippen molar-refractivity contribution in [1.29, 1.82) is 0 Å². The molecule has 1 aliphatic heterocycles. The van der Waals surface area contributed by atoms with Gasteiger partial charge in [0.15, 0.2) is 5.78 Å². The van der Waals surface area contributed by atoms with Crippen molar-refractivity contribution in [2.24, 2.45) is 5.41 Å². The Kier molecular flexibility index (Phi) is 5.44. The Morgan fingerprint density at radius 2 is 1.65 bits per heavy atom. The van der Waals surface area contributed by atoms with E-state index in [4.69, 9.17) is 0 Å². The van der Waals surface area contributed by atoms with Crippen LogP contribution in [0.2, 0.25) is 0 Å². The fourth-order valence-corrected chi connectivity index (χ4v) is 4.88. The minimum Gasteiger partial charge on any atom is -0.357 e. The normalized spacial score (nSPS) is 19.0. The summed E-state index contributed by atoms with van der Waals surface area (Å²) < 4.78 is 13.4. The van der Waals surface area contributed by atoms with Gasteiger partial charge in [-0.25, -0.2) is 9.18 Å². The first-order chi connectivity index (χ1) is 16.3. The molecular weight excluding hydrogens is 429 g/mol. The summed E-state index contributed by atoms with van der Waals surface area (Å²) in [6.07, 6.45) is 1.10. The number of rotatable bonds is 2. The predicted molar refractivity (Wildman–Crippen MR) is 132 cm³/mol. The molecule has 5 rings (SSSR count). The van der Waals surface area contributed by atoms with Crippen LogP contribution in [-0.4, -0.2) is 11.8 Å². The molecule has 3 aromatic rings. The number of urea groups is 1. The van der Waals surface area contributed by atoms with E-state index in [9.17, 15) is 14.0 Å². The van der Waals surface area contributed by atoms with Gasteiger partial charge in [0.1, 0.15) is 5.82 Å². The summed E-state index contributed by atoms with van der Waals surface area (Å²) in [5.74, 6) is -0.352. The smallest absolute Gasteiger partial charge is 0.327 e. The Labute approximate surface area is 198 Å². The Morgan fingerprint density at radius 1 is 0.971 bits per heavy atom. The number of anilines is 3. The van der Waals surface area contributed by atoms with Gasteiger partial charge in [0.2, 0.25) is 0 Å². The van der Waals surface area contributed by atoms with Crippen LogP contribution in [0.3, 0.4) is 0 Å². The number of hydrogen-bond donors (Lipinski definition) is 2. The zero-order valence-corrected chi connectivity index (χ0v) is 19.1. The fourth-order valence-electron chi connectivity index (χ4n) is 4.88. The molecule has 5 nitrogen and oxygen atoms in total. The lowest BCUT2D eigenvalue weighted by atomic mass is 9.73. The van der Waals surface area contributed by atoms with Crippen molar-refractivity contribution in [2.75, 3.05) is 15.5 Å². The van der Waals surface area contributed by atoms with Crippen molar-refractivity contribution in [3.05, 3.63) is 102 Å². The van der Waals surface area contributed by atoms with Crippen LogP contribution >= 0.6 is 0 Å². The van der Waals surface area contributed by atoms with Crippen molar-refractivity contribution in [3.63, 3.8) is 0 Å². The minimum absolute atomic E-state index is 0.0278. The number of carbonyl (C=O) groups excluding carboxylic acids is 2. The average Bonchev–Trinajstić information content (AvgIpc) is 2.94. The number of halogens is 1. The summed E-state index contributed by atoms with van der Waals surface area (Å²) in [6.45, 7) is 4.17. The molecule has 1 heterocycles. The summed E-state index contributed by atoms with van der Waals surface area (Å²) in [4.78, 5) is 29.1. The fraction of sp³-hybridized carbons (Fsp3) is 0.214. The molecule has 0 saturated carbocycles. The number of fused-ring (bicyclic) bond motifs is 1. The number of allylic oxidation sites excluding steroid dienone is 1. The summed E-state index contributed by atoms with van der Waals surface area (Å²) in [6, 6.07) is 21.8. The first-order valence-corrected chi connectivity index (χ1v) is 11.4. The highest BCUT2D eigenvalue weighted by Crippen LogP contribution is 2.48. The summed E-state index contributed by atoms with van der Waals surface area (Å²) in [7, 11) is 0. The maximum atomic E-state index is 13.8. The molecule has 1 aliphatic carbocycles. The predicted octanol–water partition coefficient (Wildman–Crippen LogP) is 6.67. The van der Waals surface area contributed by atoms with E-state index in [1.807, 2.05) is 54.6 Å². The van der Waals surface area contributed by atoms with Crippen LogP contribution in [0.15, 0.2) is 90.1 Å². The van der Waals surface area contributed by atoms with Gasteiger partial charge in [0, 0.05) is 23.4 Å². The number of nitrogens with one attached hydrogen (secondary N) is 2. The summed E-state index contributed by atoms with van der Waals surface area (Å²) >= 11 is 0. The Balaban J connectivity index is 1.70. The molecule has 3 aromatic carbocycles. The molecule has 0 aromatic heterocycles. The molecule has 1 atom stereocenters. The monoisotopic (exact) mass is 455 g/mol. The number of benzene rings is 3. The van der Waals surface area contributed by atoms with Crippen LogP contribution in [-0.2, 0) is 4.79 Å². The molecular formula is C28H26FN3O2. The molecule has 34 heavy (non-hydrogen) atoms. The largest absolute Gasteiger partial charge is 0.357 e. The molecule has 2 aliphatic rings. The van der Waals surface area contributed by atoms with Crippen LogP contribution in [0.5, 0.6) is 0 Å². The van der Waals surface area contributed by atoms with Crippen molar-refractivity contribution < 1.29 is 14.0 Å². The first-order valence-electron chi connectivity index (χ1n) is 11.4. The van der Waals surface area contributed by atoms with Gasteiger partial charge in [-0.15, -0.1) is 0 Å². The number of para-hydroxylation sites is 2. The maximum Gasteiger partial charge on any atom is 0.327 e. The highest BCUT2D eigenvalue weighted by Gasteiger charge is 2.43. The second kappa shape index (κ2) is 8.45. The molecule has 0 saturated heterocycles. The first kappa shape index (κ1) is 21.9. The van der Waals surface area contributed by atoms with Gasteiger partial charge in [-0.05, 0) is 53.8 Å². The topological polar surface area (TPSA) is 61.4 Å². The summed E-state index contributed by atoms with van der Waals surface area (Å²) in [5, 5.41) is 6.38. The second-order valence-electron chi connectivity index (χ2n) is 9.60. The van der Waals surface area contributed by atoms with Gasteiger partial charge in [-0.1, -0.05) is 56.3 Å². The van der Waals surface area contributed by atoms with Gasteiger partial charge in [0.05, 0.1) is 17.4 Å². The van der Waals surface area contributed by atoms with E-state index >= 15 is 0 Å². The van der Waals surface area contributed by atoms with Crippen LogP contribution in [0.1, 0.15) is 38.3 Å². The standard InChI is InChI=1S/C28H26FN3O2/c1-28(2)16-22-25(24(33)17-28)26(18-8-4-3-5-9-18)32(23-11-7-6-10-21(23)31-22)27(34)30-20-14-12-19(29)13-15-20/h3-15,26,31H,16-17H2,1-2H3,(H,30,34)/t26-/m1/s1. The number of carbonyl (C=O) groups is 2. The van der Waals surface area contributed by atoms with Gasteiger partial charge >= 0.3 is 6.03 Å². The maximum absolute atomic E-state index is 13.8. The second-order valence-corrected chi connectivity index (χ2v) is 9.60. The molecule has 0 spiro atoms. The SMILES string of the molecule is CC1(C)CC(=O)C2=C(C1)Nc1ccccc1N(C(=O)Nc1ccc(F)cc1)[C@@H]2c1ccccc1. The third-order valence-electron chi connectivity index (χ3n) is 6.33. The van der Waals surface area contributed by atoms with Crippen LogP contribution in [0.25, 0.3) is 0 Å². The van der Waals surface area contributed by atoms with Crippen molar-refractivity contribution in [3.8, 4) is 0 Å². The van der Waals surface area contributed by atoms with Gasteiger partial charge < -0.3 is 10.6 Å². The van der Waals surface area contributed by atoms with Crippen LogP contribution in [0, 0.1) is 11.2 Å². The number of amides is 2. The Bertz CT molecular complexity index is 1280. The number of Topliss-reactive ketones (excluding diaryl/α,β-unsaturated/α-hetero) is 1. The van der Waals surface area contributed by atoms with E-state index in [2.05, 4.69) is 24.5 Å². The van der Waals surface area contributed by atoms with E-state index in [1.165, 1.54) is 24.3 Å². The quantitative estimate of drug-likeness (QED) is 0.453. The molecule has 2 N–H and O–H groups in total.